The first-order valence-electron chi connectivity index (χ1n) is 5.34. The molecule has 2 rings (SSSR count). The molecule has 0 spiro atoms. The van der Waals surface area contributed by atoms with Crippen molar-refractivity contribution in [2.45, 2.75) is 12.3 Å². The van der Waals surface area contributed by atoms with Crippen molar-refractivity contribution in [2.24, 2.45) is 0 Å². The molecule has 0 aliphatic rings. The van der Waals surface area contributed by atoms with E-state index in [1.807, 2.05) is 12.1 Å². The van der Waals surface area contributed by atoms with Gasteiger partial charge in [0.15, 0.2) is 0 Å². The summed E-state index contributed by atoms with van der Waals surface area (Å²) in [6.07, 6.45) is 0. The standard InChI is InChI=1S/C14H10BrCl2F/c1-8-6-9(3-5-13(8)18)14(17)10-2-4-12(16)11(15)7-10/h2-7,14H,1H3. The molecule has 0 amide bonds. The highest BCUT2D eigenvalue weighted by Crippen LogP contribution is 2.33. The highest BCUT2D eigenvalue weighted by molar-refractivity contribution is 9.10. The predicted molar refractivity (Wildman–Crippen MR) is 78.0 cm³/mol. The summed E-state index contributed by atoms with van der Waals surface area (Å²) in [5.74, 6) is -0.222. The molecular formula is C14H10BrCl2F. The minimum Gasteiger partial charge on any atom is -0.207 e. The third-order valence-electron chi connectivity index (χ3n) is 2.71. The highest BCUT2D eigenvalue weighted by atomic mass is 79.9. The molecule has 0 nitrogen and oxygen atoms in total. The Hall–Kier alpha value is -0.570. The van der Waals surface area contributed by atoms with Gasteiger partial charge in [0, 0.05) is 4.47 Å². The summed E-state index contributed by atoms with van der Waals surface area (Å²) in [6, 6.07) is 10.4. The second-order valence-corrected chi connectivity index (χ2v) is 5.74. The Bertz CT molecular complexity index is 533. The number of alkyl halides is 1. The molecule has 0 aliphatic heterocycles. The maximum absolute atomic E-state index is 13.2. The van der Waals surface area contributed by atoms with Crippen LogP contribution >= 0.6 is 39.1 Å². The minimum atomic E-state index is -0.321. The van der Waals surface area contributed by atoms with Gasteiger partial charge in [0.1, 0.15) is 5.82 Å². The van der Waals surface area contributed by atoms with Gasteiger partial charge in [-0.3, -0.25) is 0 Å². The van der Waals surface area contributed by atoms with Crippen LogP contribution in [0.15, 0.2) is 40.9 Å². The molecule has 1 unspecified atom stereocenters. The molecule has 0 saturated heterocycles. The maximum atomic E-state index is 13.2. The van der Waals surface area contributed by atoms with Crippen LogP contribution < -0.4 is 0 Å². The van der Waals surface area contributed by atoms with Gasteiger partial charge in [0.05, 0.1) is 10.4 Å². The zero-order valence-corrected chi connectivity index (χ0v) is 12.7. The zero-order chi connectivity index (χ0) is 13.3. The van der Waals surface area contributed by atoms with Crippen molar-refractivity contribution >= 4 is 39.1 Å². The Balaban J connectivity index is 2.37. The third kappa shape index (κ3) is 2.87. The van der Waals surface area contributed by atoms with Crippen molar-refractivity contribution < 1.29 is 4.39 Å². The normalized spacial score (nSPS) is 12.5. The van der Waals surface area contributed by atoms with Crippen molar-refractivity contribution in [1.82, 2.24) is 0 Å². The first kappa shape index (κ1) is 13.9. The van der Waals surface area contributed by atoms with Crippen molar-refractivity contribution in [2.75, 3.05) is 0 Å². The fraction of sp³-hybridized carbons (Fsp3) is 0.143. The SMILES string of the molecule is Cc1cc(C(Cl)c2ccc(Cl)c(Br)c2)ccc1F. The van der Waals surface area contributed by atoms with Gasteiger partial charge in [-0.1, -0.05) is 29.8 Å². The van der Waals surface area contributed by atoms with Crippen LogP contribution in [0.25, 0.3) is 0 Å². The van der Waals surface area contributed by atoms with E-state index in [-0.39, 0.29) is 11.2 Å². The van der Waals surface area contributed by atoms with Gasteiger partial charge >= 0.3 is 0 Å². The van der Waals surface area contributed by atoms with Gasteiger partial charge < -0.3 is 0 Å². The lowest BCUT2D eigenvalue weighted by Gasteiger charge is -2.12. The Kier molecular flexibility index (Phi) is 4.31. The lowest BCUT2D eigenvalue weighted by molar-refractivity contribution is 0.617. The number of hydrogen-bond donors (Lipinski definition) is 0. The lowest BCUT2D eigenvalue weighted by atomic mass is 10.0. The average Bonchev–Trinajstić information content (AvgIpc) is 2.35. The van der Waals surface area contributed by atoms with Gasteiger partial charge in [0.2, 0.25) is 0 Å². The summed E-state index contributed by atoms with van der Waals surface area (Å²) < 4.78 is 14.0. The van der Waals surface area contributed by atoms with Gasteiger partial charge in [-0.15, -0.1) is 11.6 Å². The van der Waals surface area contributed by atoms with E-state index in [2.05, 4.69) is 15.9 Å². The average molecular weight is 348 g/mol. The predicted octanol–water partition coefficient (Wildman–Crippen LogP) is 5.88. The van der Waals surface area contributed by atoms with Crippen molar-refractivity contribution in [3.05, 3.63) is 68.4 Å². The summed E-state index contributed by atoms with van der Waals surface area (Å²) >= 11 is 15.7. The van der Waals surface area contributed by atoms with Crippen LogP contribution in [0.2, 0.25) is 5.02 Å². The molecule has 94 valence electrons. The van der Waals surface area contributed by atoms with E-state index in [9.17, 15) is 4.39 Å². The van der Waals surface area contributed by atoms with Gasteiger partial charge in [-0.2, -0.15) is 0 Å². The van der Waals surface area contributed by atoms with Gasteiger partial charge in [0.25, 0.3) is 0 Å². The zero-order valence-electron chi connectivity index (χ0n) is 9.55. The first-order valence-corrected chi connectivity index (χ1v) is 6.95. The fourth-order valence-corrected chi connectivity index (χ4v) is 2.47. The largest absolute Gasteiger partial charge is 0.207 e. The van der Waals surface area contributed by atoms with Crippen molar-refractivity contribution in [1.29, 1.82) is 0 Å². The van der Waals surface area contributed by atoms with Crippen LogP contribution in [0.1, 0.15) is 22.1 Å². The summed E-state index contributed by atoms with van der Waals surface area (Å²) in [5.41, 5.74) is 2.37. The molecule has 4 heteroatoms. The molecule has 0 radical (unpaired) electrons. The van der Waals surface area contributed by atoms with E-state index in [1.54, 1.807) is 25.1 Å². The van der Waals surface area contributed by atoms with Crippen LogP contribution in [-0.4, -0.2) is 0 Å². The quantitative estimate of drug-likeness (QED) is 0.595. The molecule has 0 aliphatic carbocycles. The number of benzene rings is 2. The van der Waals surface area contributed by atoms with E-state index in [1.165, 1.54) is 6.07 Å². The summed E-state index contributed by atoms with van der Waals surface area (Å²) in [5, 5.41) is 0.316. The molecule has 18 heavy (non-hydrogen) atoms. The third-order valence-corrected chi connectivity index (χ3v) is 4.43. The van der Waals surface area contributed by atoms with Crippen LogP contribution in [0.5, 0.6) is 0 Å². The number of rotatable bonds is 2. The topological polar surface area (TPSA) is 0 Å². The van der Waals surface area contributed by atoms with Crippen molar-refractivity contribution in [3.8, 4) is 0 Å². The molecule has 2 aromatic carbocycles. The molecule has 2 aromatic rings. The maximum Gasteiger partial charge on any atom is 0.126 e. The van der Waals surface area contributed by atoms with Crippen molar-refractivity contribution in [3.63, 3.8) is 0 Å². The number of hydrogen-bond acceptors (Lipinski definition) is 0. The lowest BCUT2D eigenvalue weighted by Crippen LogP contribution is -1.95. The van der Waals surface area contributed by atoms with E-state index in [4.69, 9.17) is 23.2 Å². The van der Waals surface area contributed by atoms with E-state index < -0.39 is 0 Å². The molecule has 0 bridgehead atoms. The number of aryl methyl sites for hydroxylation is 1. The van der Waals surface area contributed by atoms with E-state index >= 15 is 0 Å². The Labute approximate surface area is 124 Å². The molecule has 0 heterocycles. The molecular weight excluding hydrogens is 338 g/mol. The van der Waals surface area contributed by atoms with Gasteiger partial charge in [-0.25, -0.2) is 4.39 Å². The second-order valence-electron chi connectivity index (χ2n) is 4.04. The minimum absolute atomic E-state index is 0.222. The Morgan fingerprint density at radius 2 is 1.72 bits per heavy atom. The molecule has 0 saturated carbocycles. The molecule has 0 fully saturated rings. The van der Waals surface area contributed by atoms with Gasteiger partial charge in [-0.05, 0) is 57.7 Å². The Morgan fingerprint density at radius 3 is 2.33 bits per heavy atom. The summed E-state index contributed by atoms with van der Waals surface area (Å²) in [6.45, 7) is 1.72. The molecule has 1 atom stereocenters. The molecule has 0 aromatic heterocycles. The smallest absolute Gasteiger partial charge is 0.126 e. The number of halogens is 4. The van der Waals surface area contributed by atoms with E-state index in [0.29, 0.717) is 10.6 Å². The highest BCUT2D eigenvalue weighted by Gasteiger charge is 2.13. The monoisotopic (exact) mass is 346 g/mol. The summed E-state index contributed by atoms with van der Waals surface area (Å²) in [7, 11) is 0. The Morgan fingerprint density at radius 1 is 1.11 bits per heavy atom. The van der Waals surface area contributed by atoms with Crippen LogP contribution in [0, 0.1) is 12.7 Å². The van der Waals surface area contributed by atoms with E-state index in [0.717, 1.165) is 15.6 Å². The van der Waals surface area contributed by atoms with Crippen LogP contribution in [-0.2, 0) is 0 Å². The fourth-order valence-electron chi connectivity index (χ4n) is 1.69. The first-order chi connectivity index (χ1) is 8.49. The molecule has 0 N–H and O–H groups in total. The van der Waals surface area contributed by atoms with Crippen LogP contribution in [0.4, 0.5) is 4.39 Å². The summed E-state index contributed by atoms with van der Waals surface area (Å²) in [4.78, 5) is 0. The van der Waals surface area contributed by atoms with Crippen LogP contribution in [0.3, 0.4) is 0 Å². The second kappa shape index (κ2) is 5.60.